The number of amides is 1. The number of carboxylic acid groups (broad SMARTS) is 1. The molecule has 2 heterocycles. The van der Waals surface area contributed by atoms with Crippen LogP contribution in [0.25, 0.3) is 10.9 Å². The number of aromatic nitrogens is 1. The maximum Gasteiger partial charge on any atom is 0.377 e. The first-order chi connectivity index (χ1) is 15.0. The third-order valence-electron chi connectivity index (χ3n) is 5.16. The fourth-order valence-electron chi connectivity index (χ4n) is 3.62. The van der Waals surface area contributed by atoms with Gasteiger partial charge in [-0.3, -0.25) is 4.79 Å². The second-order valence-electron chi connectivity index (χ2n) is 7.42. The largest absolute Gasteiger partial charge is 0.476 e. The second kappa shape index (κ2) is 11.2. The van der Waals surface area contributed by atoms with Gasteiger partial charge in [0.2, 0.25) is 5.91 Å². The smallest absolute Gasteiger partial charge is 0.377 e. The maximum atomic E-state index is 12.3. The van der Waals surface area contributed by atoms with Crippen molar-refractivity contribution in [2.45, 2.75) is 49.6 Å². The van der Waals surface area contributed by atoms with Crippen LogP contribution in [0.5, 0.6) is 5.75 Å². The van der Waals surface area contributed by atoms with Crippen molar-refractivity contribution in [3.63, 3.8) is 0 Å². The number of aromatic amines is 1. The molecule has 1 aliphatic heterocycles. The Balaban J connectivity index is 0.00000385. The number of aliphatic carboxylic acids is 1. The third kappa shape index (κ3) is 5.67. The topological polar surface area (TPSA) is 182 Å². The minimum atomic E-state index is -2.52. The first kappa shape index (κ1) is 28.3. The van der Waals surface area contributed by atoms with Gasteiger partial charge in [0, 0.05) is 47.2 Å². The molecule has 0 bridgehead atoms. The number of carboxylic acids is 1. The minimum Gasteiger partial charge on any atom is -0.476 e. The van der Waals surface area contributed by atoms with Gasteiger partial charge in [-0.1, -0.05) is 11.6 Å². The molecule has 177 valence electrons. The number of ether oxygens (including phenoxy) is 2. The number of carbonyl (C=O) groups excluding carboxylic acids is 1. The van der Waals surface area contributed by atoms with E-state index in [9.17, 15) is 35.1 Å². The van der Waals surface area contributed by atoms with Gasteiger partial charge in [-0.2, -0.15) is 0 Å². The van der Waals surface area contributed by atoms with Gasteiger partial charge >= 0.3 is 11.8 Å². The molecule has 1 saturated heterocycles. The van der Waals surface area contributed by atoms with Crippen LogP contribution in [0.3, 0.4) is 0 Å². The van der Waals surface area contributed by atoms with Crippen LogP contribution in [0, 0.1) is 0 Å². The Hall–Kier alpha value is -0.930. The molecule has 1 aromatic carbocycles. The average Bonchev–Trinajstić information content (AvgIpc) is 3.14. The maximum absolute atomic E-state index is 12.3. The quantitative estimate of drug-likeness (QED) is 0.224. The number of aliphatic hydroxyl groups excluding tert-OH is 4. The molecule has 3 rings (SSSR count). The average molecular weight is 561 g/mol. The SMILES string of the molecule is CC(=O)N[C@H]1[C@H]([C@H](O)[C@H](O)CO)O[C@@](Oc2c[nH]c3ccc(Br)c(Cl)c23)(C(=O)O)C[C@@H]1O.[Na]. The number of H-pyrrole nitrogens is 1. The first-order valence-corrected chi connectivity index (χ1v) is 10.6. The molecule has 1 aliphatic rings. The number of aliphatic hydroxyl groups is 4. The van der Waals surface area contributed by atoms with Crippen molar-refractivity contribution in [3.05, 3.63) is 27.8 Å². The molecular weight excluding hydrogens is 539 g/mol. The summed E-state index contributed by atoms with van der Waals surface area (Å²) in [4.78, 5) is 26.8. The second-order valence-corrected chi connectivity index (χ2v) is 8.65. The van der Waals surface area contributed by atoms with Crippen molar-refractivity contribution >= 4 is 79.9 Å². The van der Waals surface area contributed by atoms with E-state index in [4.69, 9.17) is 21.1 Å². The number of hydrogen-bond donors (Lipinski definition) is 7. The van der Waals surface area contributed by atoms with Crippen LogP contribution in [-0.2, 0) is 14.3 Å². The van der Waals surface area contributed by atoms with Crippen LogP contribution >= 0.6 is 27.5 Å². The Bertz CT molecular complexity index is 1020. The zero-order valence-corrected chi connectivity index (χ0v) is 22.0. The van der Waals surface area contributed by atoms with E-state index in [0.29, 0.717) is 15.4 Å². The Morgan fingerprint density at radius 1 is 1.42 bits per heavy atom. The van der Waals surface area contributed by atoms with E-state index in [0.717, 1.165) is 6.92 Å². The number of benzene rings is 1. The van der Waals surface area contributed by atoms with Crippen molar-refractivity contribution in [2.24, 2.45) is 0 Å². The van der Waals surface area contributed by atoms with E-state index in [1.807, 2.05) is 0 Å². The standard InChI is InChI=1S/C19H22BrClN2O9.Na/c1-7(25)23-15-10(26)4-19(18(29)30,32-17(15)16(28)11(27)6-24)31-12-5-22-9-3-2-8(20)14(21)13(9)12;/h2-3,5,10-11,15-17,22,24,26-28H,4,6H2,1H3,(H,23,25)(H,29,30);/t10-,11+,15+,16+,17+,19+;/m0./s1. The summed E-state index contributed by atoms with van der Waals surface area (Å²) >= 11 is 9.61. The summed E-state index contributed by atoms with van der Waals surface area (Å²) in [6.45, 7) is 0.275. The molecule has 0 spiro atoms. The summed E-state index contributed by atoms with van der Waals surface area (Å²) < 4.78 is 11.9. The molecule has 1 amide bonds. The number of fused-ring (bicyclic) bond motifs is 1. The Morgan fingerprint density at radius 2 is 2.09 bits per heavy atom. The molecule has 1 fully saturated rings. The molecule has 0 saturated carbocycles. The molecule has 14 heteroatoms. The molecule has 1 radical (unpaired) electrons. The summed E-state index contributed by atoms with van der Waals surface area (Å²) in [6, 6.07) is 2.07. The fourth-order valence-corrected chi connectivity index (χ4v) is 4.21. The van der Waals surface area contributed by atoms with Crippen LogP contribution in [-0.4, -0.2) is 115 Å². The molecule has 1 aromatic heterocycles. The van der Waals surface area contributed by atoms with Gasteiger partial charge in [0.25, 0.3) is 0 Å². The molecule has 0 aliphatic carbocycles. The van der Waals surface area contributed by atoms with Crippen LogP contribution in [0.15, 0.2) is 22.8 Å². The zero-order valence-electron chi connectivity index (χ0n) is 17.7. The van der Waals surface area contributed by atoms with Gasteiger partial charge in [0.1, 0.15) is 18.3 Å². The summed E-state index contributed by atoms with van der Waals surface area (Å²) in [5, 5.41) is 53.2. The number of hydrogen-bond acceptors (Lipinski definition) is 8. The third-order valence-corrected chi connectivity index (χ3v) is 6.44. The fraction of sp³-hybridized carbons (Fsp3) is 0.474. The van der Waals surface area contributed by atoms with Gasteiger partial charge in [-0.05, 0) is 28.1 Å². The molecule has 33 heavy (non-hydrogen) atoms. The summed E-state index contributed by atoms with van der Waals surface area (Å²) in [7, 11) is 0. The summed E-state index contributed by atoms with van der Waals surface area (Å²) in [5.41, 5.74) is 0.536. The van der Waals surface area contributed by atoms with Crippen LogP contribution < -0.4 is 10.1 Å². The predicted molar refractivity (Wildman–Crippen MR) is 120 cm³/mol. The van der Waals surface area contributed by atoms with E-state index in [-0.39, 0.29) is 40.3 Å². The summed E-state index contributed by atoms with van der Waals surface area (Å²) in [5.74, 6) is -4.75. The van der Waals surface area contributed by atoms with Crippen molar-refractivity contribution in [1.82, 2.24) is 10.3 Å². The molecule has 6 atom stereocenters. The van der Waals surface area contributed by atoms with Crippen molar-refractivity contribution in [2.75, 3.05) is 6.61 Å². The van der Waals surface area contributed by atoms with E-state index < -0.39 is 61.1 Å². The minimum absolute atomic E-state index is 0. The van der Waals surface area contributed by atoms with Crippen molar-refractivity contribution < 1.29 is 44.6 Å². The van der Waals surface area contributed by atoms with Crippen LogP contribution in [0.2, 0.25) is 5.02 Å². The Labute approximate surface area is 223 Å². The van der Waals surface area contributed by atoms with Gasteiger partial charge in [0.05, 0.1) is 41.1 Å². The van der Waals surface area contributed by atoms with Crippen molar-refractivity contribution in [1.29, 1.82) is 0 Å². The van der Waals surface area contributed by atoms with Gasteiger partial charge in [-0.15, -0.1) is 0 Å². The predicted octanol–water partition coefficient (Wildman–Crippen LogP) is -0.269. The molecule has 0 unspecified atom stereocenters. The van der Waals surface area contributed by atoms with Crippen molar-refractivity contribution in [3.8, 4) is 5.75 Å². The molecule has 7 N–H and O–H groups in total. The Morgan fingerprint density at radius 3 is 2.67 bits per heavy atom. The first-order valence-electron chi connectivity index (χ1n) is 9.48. The van der Waals surface area contributed by atoms with Gasteiger partial charge < -0.3 is 45.3 Å². The van der Waals surface area contributed by atoms with Crippen LogP contribution in [0.4, 0.5) is 0 Å². The monoisotopic (exact) mass is 559 g/mol. The number of carbonyl (C=O) groups is 2. The number of rotatable bonds is 7. The number of nitrogens with one attached hydrogen (secondary N) is 2. The van der Waals surface area contributed by atoms with Crippen LogP contribution in [0.1, 0.15) is 13.3 Å². The van der Waals surface area contributed by atoms with E-state index in [1.165, 1.54) is 6.20 Å². The zero-order chi connectivity index (χ0) is 23.8. The molecular formula is C19H22BrClN2NaO9. The van der Waals surface area contributed by atoms with E-state index in [1.54, 1.807) is 12.1 Å². The normalized spacial score (nSPS) is 26.8. The summed E-state index contributed by atoms with van der Waals surface area (Å²) in [6.07, 6.45) is -6.09. The van der Waals surface area contributed by atoms with Gasteiger partial charge in [-0.25, -0.2) is 4.79 Å². The number of halogens is 2. The molecule has 11 nitrogen and oxygen atoms in total. The van der Waals surface area contributed by atoms with E-state index in [2.05, 4.69) is 26.2 Å². The van der Waals surface area contributed by atoms with Gasteiger partial charge in [0.15, 0.2) is 5.75 Å². The molecule has 2 aromatic rings. The van der Waals surface area contributed by atoms with E-state index >= 15 is 0 Å². The Kier molecular flexibility index (Phi) is 9.61.